The zero-order valence-electron chi connectivity index (χ0n) is 17.6. The van der Waals surface area contributed by atoms with Gasteiger partial charge in [0.15, 0.2) is 0 Å². The van der Waals surface area contributed by atoms with Gasteiger partial charge in [0.05, 0.1) is 13.2 Å². The summed E-state index contributed by atoms with van der Waals surface area (Å²) in [5.74, 6) is 0.0878. The zero-order valence-corrected chi connectivity index (χ0v) is 17.6. The molecule has 1 heterocycles. The van der Waals surface area contributed by atoms with Gasteiger partial charge in [0, 0.05) is 43.3 Å². The molecule has 1 aliphatic heterocycles. The van der Waals surface area contributed by atoms with E-state index in [1.165, 1.54) is 0 Å². The molecule has 2 fully saturated rings. The fourth-order valence-corrected chi connectivity index (χ4v) is 4.15. The lowest BCUT2D eigenvalue weighted by atomic mass is 9.85. The van der Waals surface area contributed by atoms with Crippen LogP contribution in [-0.2, 0) is 16.1 Å². The Morgan fingerprint density at radius 3 is 2.69 bits per heavy atom. The first-order chi connectivity index (χ1) is 14.0. The van der Waals surface area contributed by atoms with Crippen LogP contribution in [-0.4, -0.2) is 50.3 Å². The highest BCUT2D eigenvalue weighted by Crippen LogP contribution is 2.25. The average Bonchev–Trinajstić information content (AvgIpc) is 2.73. The first kappa shape index (κ1) is 21.4. The van der Waals surface area contributed by atoms with E-state index in [0.29, 0.717) is 13.0 Å². The molecular weight excluding hydrogens is 368 g/mol. The molecule has 2 aliphatic rings. The Morgan fingerprint density at radius 2 is 1.93 bits per heavy atom. The van der Waals surface area contributed by atoms with Crippen molar-refractivity contribution in [1.29, 1.82) is 0 Å². The van der Waals surface area contributed by atoms with Crippen molar-refractivity contribution in [3.05, 3.63) is 29.8 Å². The zero-order chi connectivity index (χ0) is 20.6. The fourth-order valence-electron chi connectivity index (χ4n) is 4.15. The summed E-state index contributed by atoms with van der Waals surface area (Å²) in [4.78, 5) is 27.1. The average molecular weight is 403 g/mol. The molecule has 0 bridgehead atoms. The van der Waals surface area contributed by atoms with Gasteiger partial charge in [0.1, 0.15) is 0 Å². The highest BCUT2D eigenvalue weighted by Gasteiger charge is 2.28. The second-order valence-corrected chi connectivity index (χ2v) is 8.28. The number of benzene rings is 1. The van der Waals surface area contributed by atoms with E-state index >= 15 is 0 Å². The quantitative estimate of drug-likeness (QED) is 0.682. The Balaban J connectivity index is 1.49. The third kappa shape index (κ3) is 6.35. The number of carbonyl (C=O) groups excluding carboxylic acids is 2. The number of rotatable bonds is 6. The molecule has 1 saturated heterocycles. The molecule has 1 aliphatic carbocycles. The number of urea groups is 1. The predicted molar refractivity (Wildman–Crippen MR) is 114 cm³/mol. The van der Waals surface area contributed by atoms with Gasteiger partial charge in [-0.15, -0.1) is 0 Å². The van der Waals surface area contributed by atoms with Gasteiger partial charge in [0.2, 0.25) is 5.91 Å². The van der Waals surface area contributed by atoms with Crippen LogP contribution in [0.3, 0.4) is 0 Å². The summed E-state index contributed by atoms with van der Waals surface area (Å²) in [6.45, 7) is 7.61. The minimum absolute atomic E-state index is 0.0153. The number of para-hydroxylation sites is 1. The van der Waals surface area contributed by atoms with Crippen LogP contribution in [0.15, 0.2) is 24.3 Å². The summed E-state index contributed by atoms with van der Waals surface area (Å²) in [6.07, 6.45) is 3.48. The normalized spacial score (nSPS) is 22.2. The molecule has 0 radical (unpaired) electrons. The van der Waals surface area contributed by atoms with Gasteiger partial charge in [-0.25, -0.2) is 4.79 Å². The van der Waals surface area contributed by atoms with Crippen molar-refractivity contribution in [2.24, 2.45) is 5.92 Å². The van der Waals surface area contributed by atoms with Crippen LogP contribution >= 0.6 is 0 Å². The summed E-state index contributed by atoms with van der Waals surface area (Å²) in [7, 11) is 0. The number of anilines is 1. The van der Waals surface area contributed by atoms with Crippen LogP contribution in [0.25, 0.3) is 0 Å². The number of nitrogens with one attached hydrogen (secondary N) is 3. The molecule has 1 aromatic rings. The number of amides is 3. The maximum atomic E-state index is 12.5. The predicted octanol–water partition coefficient (Wildman–Crippen LogP) is 2.41. The van der Waals surface area contributed by atoms with Crippen LogP contribution in [0.2, 0.25) is 0 Å². The minimum atomic E-state index is -0.170. The molecule has 2 atom stereocenters. The van der Waals surface area contributed by atoms with Crippen LogP contribution in [0.5, 0.6) is 0 Å². The van der Waals surface area contributed by atoms with Crippen molar-refractivity contribution in [2.75, 3.05) is 31.2 Å². The summed E-state index contributed by atoms with van der Waals surface area (Å²) in [5, 5.41) is 9.05. The number of morpholine rings is 1. The number of ether oxygens (including phenoxy) is 1. The molecule has 7 heteroatoms. The minimum Gasteiger partial charge on any atom is -0.378 e. The van der Waals surface area contributed by atoms with E-state index in [0.717, 1.165) is 56.8 Å². The summed E-state index contributed by atoms with van der Waals surface area (Å²) in [6, 6.07) is 8.19. The van der Waals surface area contributed by atoms with E-state index < -0.39 is 0 Å². The van der Waals surface area contributed by atoms with Crippen LogP contribution in [0.1, 0.15) is 45.1 Å². The standard InChI is InChI=1S/C22H34N4O3/c1-16(2)24-21(27)17-7-5-8-19(14-17)25-22(28)23-15-18-6-3-4-9-20(18)26-10-12-29-13-11-26/h3-4,6,9,16-17,19H,5,7-8,10-15H2,1-2H3,(H,24,27)(H2,23,25,28). The van der Waals surface area contributed by atoms with Crippen LogP contribution < -0.4 is 20.9 Å². The second kappa shape index (κ2) is 10.5. The smallest absolute Gasteiger partial charge is 0.315 e. The van der Waals surface area contributed by atoms with Crippen LogP contribution in [0, 0.1) is 5.92 Å². The van der Waals surface area contributed by atoms with Crippen molar-refractivity contribution >= 4 is 17.6 Å². The molecule has 3 amide bonds. The second-order valence-electron chi connectivity index (χ2n) is 8.28. The lowest BCUT2D eigenvalue weighted by Gasteiger charge is -2.31. The van der Waals surface area contributed by atoms with E-state index in [2.05, 4.69) is 33.0 Å². The molecular formula is C22H34N4O3. The van der Waals surface area contributed by atoms with E-state index in [-0.39, 0.29) is 29.9 Å². The Kier molecular flexibility index (Phi) is 7.75. The van der Waals surface area contributed by atoms with Crippen molar-refractivity contribution in [1.82, 2.24) is 16.0 Å². The number of carbonyl (C=O) groups is 2. The molecule has 1 saturated carbocycles. The molecule has 2 unspecified atom stereocenters. The Hall–Kier alpha value is -2.28. The van der Waals surface area contributed by atoms with Gasteiger partial charge in [-0.05, 0) is 44.7 Å². The summed E-state index contributed by atoms with van der Waals surface area (Å²) < 4.78 is 5.44. The molecule has 160 valence electrons. The van der Waals surface area contributed by atoms with E-state index in [4.69, 9.17) is 4.74 Å². The lowest BCUT2D eigenvalue weighted by molar-refractivity contribution is -0.126. The molecule has 3 rings (SSSR count). The highest BCUT2D eigenvalue weighted by molar-refractivity contribution is 5.79. The molecule has 1 aromatic carbocycles. The molecule has 7 nitrogen and oxygen atoms in total. The van der Waals surface area contributed by atoms with Gasteiger partial charge < -0.3 is 25.6 Å². The van der Waals surface area contributed by atoms with Crippen LogP contribution in [0.4, 0.5) is 10.5 Å². The van der Waals surface area contributed by atoms with Crippen molar-refractivity contribution in [2.45, 2.75) is 58.2 Å². The van der Waals surface area contributed by atoms with E-state index in [1.54, 1.807) is 0 Å². The van der Waals surface area contributed by atoms with Crippen molar-refractivity contribution in [3.8, 4) is 0 Å². The maximum absolute atomic E-state index is 12.5. The largest absolute Gasteiger partial charge is 0.378 e. The van der Waals surface area contributed by atoms with Crippen molar-refractivity contribution < 1.29 is 14.3 Å². The topological polar surface area (TPSA) is 82.7 Å². The fraction of sp³-hybridized carbons (Fsp3) is 0.636. The van der Waals surface area contributed by atoms with E-state index in [1.807, 2.05) is 26.0 Å². The molecule has 29 heavy (non-hydrogen) atoms. The van der Waals surface area contributed by atoms with Gasteiger partial charge in [0.25, 0.3) is 0 Å². The SMILES string of the molecule is CC(C)NC(=O)C1CCCC(NC(=O)NCc2ccccc2N2CCOCC2)C1. The molecule has 0 spiro atoms. The number of hydrogen-bond donors (Lipinski definition) is 3. The number of nitrogens with zero attached hydrogens (tertiary/aromatic N) is 1. The Bertz CT molecular complexity index is 688. The number of hydrogen-bond acceptors (Lipinski definition) is 4. The van der Waals surface area contributed by atoms with Gasteiger partial charge in [-0.3, -0.25) is 4.79 Å². The van der Waals surface area contributed by atoms with Gasteiger partial charge >= 0.3 is 6.03 Å². The van der Waals surface area contributed by atoms with Crippen molar-refractivity contribution in [3.63, 3.8) is 0 Å². The summed E-state index contributed by atoms with van der Waals surface area (Å²) >= 11 is 0. The third-order valence-corrected chi connectivity index (χ3v) is 5.59. The lowest BCUT2D eigenvalue weighted by Crippen LogP contribution is -2.46. The first-order valence-electron chi connectivity index (χ1n) is 10.8. The maximum Gasteiger partial charge on any atom is 0.315 e. The molecule has 3 N–H and O–H groups in total. The van der Waals surface area contributed by atoms with Gasteiger partial charge in [-0.2, -0.15) is 0 Å². The molecule has 0 aromatic heterocycles. The van der Waals surface area contributed by atoms with E-state index in [9.17, 15) is 9.59 Å². The highest BCUT2D eigenvalue weighted by atomic mass is 16.5. The Labute approximate surface area is 173 Å². The first-order valence-corrected chi connectivity index (χ1v) is 10.8. The monoisotopic (exact) mass is 402 g/mol. The Morgan fingerprint density at radius 1 is 1.17 bits per heavy atom. The third-order valence-electron chi connectivity index (χ3n) is 5.59. The van der Waals surface area contributed by atoms with Gasteiger partial charge in [-0.1, -0.05) is 24.6 Å². The summed E-state index contributed by atoms with van der Waals surface area (Å²) in [5.41, 5.74) is 2.25.